The van der Waals surface area contributed by atoms with Crippen molar-refractivity contribution in [2.45, 2.75) is 146 Å². The topological polar surface area (TPSA) is 371 Å². The van der Waals surface area contributed by atoms with Gasteiger partial charge in [0.2, 0.25) is 29.5 Å². The fourth-order valence-corrected chi connectivity index (χ4v) is 9.99. The van der Waals surface area contributed by atoms with E-state index in [-0.39, 0.29) is 74.1 Å². The van der Waals surface area contributed by atoms with Crippen LogP contribution >= 0.6 is 0 Å². The second-order valence-corrected chi connectivity index (χ2v) is 22.4. The number of benzene rings is 2. The highest BCUT2D eigenvalue weighted by Crippen LogP contribution is 2.14. The number of carboxylic acid groups (broad SMARTS) is 3. The first kappa shape index (κ1) is 69.7. The summed E-state index contributed by atoms with van der Waals surface area (Å²) < 4.78 is 0. The quantitative estimate of drug-likeness (QED) is 0.0417. The lowest BCUT2D eigenvalue weighted by Gasteiger charge is -2.37. The Morgan fingerprint density at radius 3 is 1.51 bits per heavy atom. The molecule has 0 saturated carbocycles. The largest absolute Gasteiger partial charge is 0.481 e. The molecular formula is C59H95N13O12. The van der Waals surface area contributed by atoms with Crippen molar-refractivity contribution in [2.24, 2.45) is 5.41 Å². The van der Waals surface area contributed by atoms with Crippen LogP contribution in [0.5, 0.6) is 0 Å². The molecule has 0 radical (unpaired) electrons. The van der Waals surface area contributed by atoms with Gasteiger partial charge in [0.1, 0.15) is 24.2 Å². The molecule has 16 N–H and O–H groups in total. The van der Waals surface area contributed by atoms with Gasteiger partial charge in [0, 0.05) is 129 Å². The highest BCUT2D eigenvalue weighted by Gasteiger charge is 2.33. The van der Waals surface area contributed by atoms with E-state index in [2.05, 4.69) is 76.0 Å². The smallest absolute Gasteiger partial charge is 0.326 e. The zero-order valence-electron chi connectivity index (χ0n) is 49.0. The van der Waals surface area contributed by atoms with Gasteiger partial charge in [-0.3, -0.25) is 28.8 Å². The third-order valence-electron chi connectivity index (χ3n) is 14.8. The first-order valence-electron chi connectivity index (χ1n) is 30.0. The molecule has 5 rings (SSSR count). The Bertz CT molecular complexity index is 2290. The number of rotatable bonds is 34. The number of unbranched alkanes of at least 4 members (excludes halogenated alkanes) is 5. The summed E-state index contributed by atoms with van der Waals surface area (Å²) in [6.45, 7) is 11.7. The Labute approximate surface area is 494 Å². The van der Waals surface area contributed by atoms with Crippen LogP contribution in [0, 0.1) is 5.41 Å². The molecule has 3 aliphatic heterocycles. The number of hydrogen-bond donors (Lipinski definition) is 16. The molecule has 3 aliphatic rings. The fourth-order valence-electron chi connectivity index (χ4n) is 9.99. The number of carbonyl (C=O) groups is 9. The van der Waals surface area contributed by atoms with Crippen molar-refractivity contribution in [3.63, 3.8) is 0 Å². The molecule has 7 amide bonds. The summed E-state index contributed by atoms with van der Waals surface area (Å²) in [7, 11) is 0. The molecule has 0 unspecified atom stereocenters. The zero-order valence-corrected chi connectivity index (χ0v) is 49.0. The number of nitrogens with one attached hydrogen (secondary N) is 13. The van der Waals surface area contributed by atoms with E-state index in [1.165, 1.54) is 0 Å². The number of aryl methyl sites for hydroxylation is 1. The zero-order chi connectivity index (χ0) is 60.8. The van der Waals surface area contributed by atoms with E-state index in [1.807, 2.05) is 60.7 Å². The molecule has 2 bridgehead atoms. The second-order valence-electron chi connectivity index (χ2n) is 22.4. The van der Waals surface area contributed by atoms with Gasteiger partial charge < -0.3 is 84.4 Å². The number of aliphatic carboxylic acids is 3. The minimum atomic E-state index is -1.51. The molecule has 2 aromatic rings. The first-order chi connectivity index (χ1) is 40.4. The fraction of sp³-hybridized carbons (Fsp3) is 0.644. The van der Waals surface area contributed by atoms with Crippen molar-refractivity contribution < 1.29 is 58.5 Å². The van der Waals surface area contributed by atoms with Gasteiger partial charge in [-0.15, -0.1) is 0 Å². The Morgan fingerprint density at radius 2 is 0.940 bits per heavy atom. The van der Waals surface area contributed by atoms with Gasteiger partial charge in [0.25, 0.3) is 0 Å². The molecule has 3 heterocycles. The Hall–Kier alpha value is -6.77. The summed E-state index contributed by atoms with van der Waals surface area (Å²) in [6, 6.07) is 13.2. The van der Waals surface area contributed by atoms with Gasteiger partial charge in [0.05, 0.1) is 5.54 Å². The summed E-state index contributed by atoms with van der Waals surface area (Å²) in [5.74, 6) is -5.59. The van der Waals surface area contributed by atoms with Gasteiger partial charge in [0.15, 0.2) is 0 Å². The predicted octanol–water partition coefficient (Wildman–Crippen LogP) is 0.242. The molecule has 468 valence electrons. The van der Waals surface area contributed by atoms with Crippen LogP contribution in [-0.2, 0) is 51.2 Å². The van der Waals surface area contributed by atoms with Crippen LogP contribution in [0.2, 0.25) is 0 Å². The molecule has 4 atom stereocenters. The predicted molar refractivity (Wildman–Crippen MR) is 318 cm³/mol. The van der Waals surface area contributed by atoms with Crippen molar-refractivity contribution in [1.82, 2.24) is 69.1 Å². The number of carbonyl (C=O) groups excluding carboxylic acids is 6. The molecule has 0 aliphatic carbocycles. The average molecular weight is 1180 g/mol. The van der Waals surface area contributed by atoms with E-state index >= 15 is 0 Å². The number of amides is 7. The lowest BCUT2D eigenvalue weighted by atomic mass is 9.90. The van der Waals surface area contributed by atoms with Gasteiger partial charge >= 0.3 is 23.9 Å². The maximum Gasteiger partial charge on any atom is 0.326 e. The lowest BCUT2D eigenvalue weighted by Crippen LogP contribution is -2.66. The monoisotopic (exact) mass is 1180 g/mol. The van der Waals surface area contributed by atoms with Crippen LogP contribution in [0.25, 0.3) is 0 Å². The van der Waals surface area contributed by atoms with Crippen LogP contribution in [0.4, 0.5) is 4.79 Å². The highest BCUT2D eigenvalue weighted by atomic mass is 16.4. The Balaban J connectivity index is 1.22. The molecule has 84 heavy (non-hydrogen) atoms. The second kappa shape index (κ2) is 39.7. The Kier molecular flexibility index (Phi) is 33.0. The SMILES string of the molecule is CC12CNCCNCC(NC(=O)CCCC(=O)N[C@H](Cc3ccccc3)C(=O)N[C@H](CCc3ccccc3)C(=O)NCCCCCCCC(=O)NCCCC[C@H](NC(=O)N[C@@H](CCC(=O)O)C(=O)O)C(=O)O)(CNCCNC1)CNCCNC2. The molecule has 0 aromatic heterocycles. The molecule has 25 nitrogen and oxygen atoms in total. The molecular weight excluding hydrogens is 1080 g/mol. The van der Waals surface area contributed by atoms with Crippen molar-refractivity contribution in [3.8, 4) is 0 Å². The van der Waals surface area contributed by atoms with Gasteiger partial charge in [-0.1, -0.05) is 86.8 Å². The molecule has 2 aromatic carbocycles. The maximum atomic E-state index is 14.2. The van der Waals surface area contributed by atoms with E-state index in [1.54, 1.807) is 0 Å². The van der Waals surface area contributed by atoms with Gasteiger partial charge in [-0.2, -0.15) is 0 Å². The molecule has 3 fully saturated rings. The van der Waals surface area contributed by atoms with Crippen molar-refractivity contribution >= 4 is 53.5 Å². The summed E-state index contributed by atoms with van der Waals surface area (Å²) >= 11 is 0. The summed E-state index contributed by atoms with van der Waals surface area (Å²) in [5.41, 5.74) is 1.23. The highest BCUT2D eigenvalue weighted by molar-refractivity contribution is 5.92. The van der Waals surface area contributed by atoms with Crippen molar-refractivity contribution in [3.05, 3.63) is 71.8 Å². The molecule has 3 saturated heterocycles. The van der Waals surface area contributed by atoms with E-state index in [0.29, 0.717) is 71.1 Å². The minimum absolute atomic E-state index is 0.00628. The van der Waals surface area contributed by atoms with E-state index in [9.17, 15) is 53.4 Å². The molecule has 0 spiro atoms. The molecule has 25 heteroatoms. The average Bonchev–Trinajstić information content (AvgIpc) is 3.67. The lowest BCUT2D eigenvalue weighted by molar-refractivity contribution is -0.141. The standard InChI is InChI=1S/C59H95N13O12/c1-58-37-60-30-33-63-40-59(41-64-34-31-61-38-58,42-65-35-32-62-39-58)72-51(75)23-15-22-50(74)68-48(36-44-18-9-6-10-19-44)54(79)69-45(25-24-43-16-7-5-8-17-43)53(78)67-29-13-4-2-3-11-21-49(73)66-28-14-12-20-46(55(80)81)70-57(84)71-47(56(82)83)26-27-52(76)77/h5-10,16-19,45-48,60-65H,2-4,11-15,20-42H2,1H3,(H,66,73)(H,67,78)(H,68,74)(H,69,79)(H,72,75)(H,76,77)(H,80,81)(H,82,83)(H2,70,71,84)/t45-,46+,47+,48-,58?,59?/m1/s1. The third kappa shape index (κ3) is 29.7. The number of hydrogen-bond acceptors (Lipinski definition) is 15. The number of carboxylic acids is 3. The van der Waals surface area contributed by atoms with E-state index in [0.717, 1.165) is 89.3 Å². The van der Waals surface area contributed by atoms with Gasteiger partial charge in [-0.05, 0) is 68.9 Å². The Morgan fingerprint density at radius 1 is 0.452 bits per heavy atom. The van der Waals surface area contributed by atoms with Crippen LogP contribution in [-0.4, -0.2) is 190 Å². The van der Waals surface area contributed by atoms with Crippen LogP contribution in [0.1, 0.15) is 114 Å². The van der Waals surface area contributed by atoms with Crippen LogP contribution in [0.15, 0.2) is 60.7 Å². The van der Waals surface area contributed by atoms with Crippen molar-refractivity contribution in [1.29, 1.82) is 0 Å². The van der Waals surface area contributed by atoms with Crippen LogP contribution in [0.3, 0.4) is 0 Å². The maximum absolute atomic E-state index is 14.2. The summed E-state index contributed by atoms with van der Waals surface area (Å²) in [5, 5.41) is 68.3. The summed E-state index contributed by atoms with van der Waals surface area (Å²) in [6.07, 6.45) is 5.23. The van der Waals surface area contributed by atoms with E-state index in [4.69, 9.17) is 5.11 Å². The first-order valence-corrected chi connectivity index (χ1v) is 30.0. The van der Waals surface area contributed by atoms with Gasteiger partial charge in [-0.25, -0.2) is 14.4 Å². The van der Waals surface area contributed by atoms with E-state index < -0.39 is 66.0 Å². The number of urea groups is 1. The normalized spacial score (nSPS) is 19.3. The summed E-state index contributed by atoms with van der Waals surface area (Å²) in [4.78, 5) is 114. The minimum Gasteiger partial charge on any atom is -0.481 e. The third-order valence-corrected chi connectivity index (χ3v) is 14.8. The van der Waals surface area contributed by atoms with Crippen molar-refractivity contribution in [2.75, 3.05) is 91.6 Å². The number of fused-ring (bicyclic) bond motifs is 15. The van der Waals surface area contributed by atoms with Crippen LogP contribution < -0.4 is 69.1 Å².